The van der Waals surface area contributed by atoms with Gasteiger partial charge in [-0.1, -0.05) is 6.07 Å². The van der Waals surface area contributed by atoms with E-state index in [0.29, 0.717) is 23.5 Å². The number of aromatic nitrogens is 4. The molecule has 0 amide bonds. The van der Waals surface area contributed by atoms with Crippen molar-refractivity contribution in [3.8, 4) is 0 Å². The highest BCUT2D eigenvalue weighted by Crippen LogP contribution is 2.20. The Hall–Kier alpha value is -2.41. The molecular formula is C18H19F2N5. The lowest BCUT2D eigenvalue weighted by molar-refractivity contribution is 0.343. The van der Waals surface area contributed by atoms with E-state index in [1.807, 2.05) is 13.0 Å². The predicted octanol–water partition coefficient (Wildman–Crippen LogP) is 2.77. The maximum Gasteiger partial charge on any atom is 0.184 e. The molecular weight excluding hydrogens is 324 g/mol. The van der Waals surface area contributed by atoms with Crippen LogP contribution in [0, 0.1) is 24.5 Å². The third kappa shape index (κ3) is 3.11. The summed E-state index contributed by atoms with van der Waals surface area (Å²) in [6.45, 7) is 4.24. The van der Waals surface area contributed by atoms with Crippen LogP contribution in [0.15, 0.2) is 24.3 Å². The lowest BCUT2D eigenvalue weighted by Crippen LogP contribution is -2.30. The first kappa shape index (κ1) is 16.1. The summed E-state index contributed by atoms with van der Waals surface area (Å²) in [6.07, 6.45) is 2.00. The van der Waals surface area contributed by atoms with Crippen LogP contribution in [0.2, 0.25) is 0 Å². The van der Waals surface area contributed by atoms with Gasteiger partial charge in [-0.05, 0) is 37.5 Å². The zero-order chi connectivity index (χ0) is 17.4. The van der Waals surface area contributed by atoms with E-state index in [1.54, 1.807) is 12.1 Å². The molecule has 1 unspecified atom stereocenters. The van der Waals surface area contributed by atoms with Crippen LogP contribution in [0.1, 0.15) is 23.8 Å². The molecule has 130 valence electrons. The molecule has 1 N–H and O–H groups in total. The highest BCUT2D eigenvalue weighted by Gasteiger charge is 2.21. The number of benzene rings is 1. The third-order valence-electron chi connectivity index (χ3n) is 4.78. The van der Waals surface area contributed by atoms with Crippen LogP contribution in [0.4, 0.5) is 8.78 Å². The second-order valence-corrected chi connectivity index (χ2v) is 6.55. The molecule has 2 aromatic heterocycles. The molecule has 0 saturated carbocycles. The van der Waals surface area contributed by atoms with E-state index in [2.05, 4.69) is 25.1 Å². The van der Waals surface area contributed by atoms with E-state index in [1.165, 1.54) is 0 Å². The van der Waals surface area contributed by atoms with E-state index in [4.69, 9.17) is 0 Å². The molecule has 0 saturated heterocycles. The third-order valence-corrected chi connectivity index (χ3v) is 4.78. The maximum atomic E-state index is 13.9. The normalized spacial score (nSPS) is 17.0. The van der Waals surface area contributed by atoms with Crippen LogP contribution < -0.4 is 5.32 Å². The number of nitrogens with zero attached hydrogens (tertiary/aromatic N) is 4. The van der Waals surface area contributed by atoms with Crippen LogP contribution in [-0.2, 0) is 19.5 Å². The zero-order valence-corrected chi connectivity index (χ0v) is 14.0. The molecule has 3 heterocycles. The van der Waals surface area contributed by atoms with Gasteiger partial charge in [-0.3, -0.25) is 0 Å². The second-order valence-electron chi connectivity index (χ2n) is 6.55. The van der Waals surface area contributed by atoms with Crippen LogP contribution in [0.5, 0.6) is 0 Å². The van der Waals surface area contributed by atoms with Gasteiger partial charge in [0.25, 0.3) is 0 Å². The first-order valence-electron chi connectivity index (χ1n) is 8.45. The number of aryl methyl sites for hydroxylation is 2. The average Bonchev–Trinajstić information content (AvgIpc) is 2.99. The molecule has 1 atom stereocenters. The van der Waals surface area contributed by atoms with Crippen molar-refractivity contribution in [2.45, 2.75) is 32.9 Å². The van der Waals surface area contributed by atoms with Gasteiger partial charge in [-0.15, -0.1) is 10.2 Å². The molecule has 0 radical (unpaired) electrons. The Balaban J connectivity index is 1.40. The number of hydrogen-bond acceptors (Lipinski definition) is 4. The van der Waals surface area contributed by atoms with Crippen molar-refractivity contribution < 1.29 is 8.78 Å². The van der Waals surface area contributed by atoms with Gasteiger partial charge in [0.1, 0.15) is 17.2 Å². The number of nitrogens with one attached hydrogen (secondary N) is 1. The van der Waals surface area contributed by atoms with E-state index in [-0.39, 0.29) is 5.52 Å². The van der Waals surface area contributed by atoms with Gasteiger partial charge in [0, 0.05) is 31.4 Å². The van der Waals surface area contributed by atoms with E-state index < -0.39 is 11.6 Å². The molecule has 0 spiro atoms. The highest BCUT2D eigenvalue weighted by atomic mass is 19.2. The van der Waals surface area contributed by atoms with E-state index in [9.17, 15) is 8.78 Å². The summed E-state index contributed by atoms with van der Waals surface area (Å²) >= 11 is 0. The Bertz CT molecular complexity index is 921. The molecule has 3 aromatic rings. The SMILES string of the molecule is Cc1nnc2n1CC(CNCc1ccc3ccc(F)c(F)c3n1)CC2. The van der Waals surface area contributed by atoms with E-state index in [0.717, 1.165) is 43.6 Å². The molecule has 0 fully saturated rings. The first-order valence-corrected chi connectivity index (χ1v) is 8.45. The van der Waals surface area contributed by atoms with Gasteiger partial charge in [-0.25, -0.2) is 13.8 Å². The van der Waals surface area contributed by atoms with Crippen molar-refractivity contribution in [3.05, 3.63) is 53.2 Å². The minimum Gasteiger partial charge on any atom is -0.315 e. The van der Waals surface area contributed by atoms with Crippen LogP contribution in [0.25, 0.3) is 10.9 Å². The summed E-state index contributed by atoms with van der Waals surface area (Å²) in [7, 11) is 0. The maximum absolute atomic E-state index is 13.9. The summed E-state index contributed by atoms with van der Waals surface area (Å²) in [5, 5.41) is 12.3. The quantitative estimate of drug-likeness (QED) is 0.791. The molecule has 1 aromatic carbocycles. The summed E-state index contributed by atoms with van der Waals surface area (Å²) in [5.41, 5.74) is 0.788. The highest BCUT2D eigenvalue weighted by molar-refractivity contribution is 5.79. The van der Waals surface area contributed by atoms with Gasteiger partial charge < -0.3 is 9.88 Å². The topological polar surface area (TPSA) is 55.6 Å². The zero-order valence-electron chi connectivity index (χ0n) is 14.0. The van der Waals surface area contributed by atoms with Gasteiger partial charge in [0.05, 0.1) is 5.69 Å². The average molecular weight is 343 g/mol. The van der Waals surface area contributed by atoms with Crippen molar-refractivity contribution >= 4 is 10.9 Å². The standard InChI is InChI=1S/C18H19F2N5/c1-11-23-24-16-7-2-12(10-25(11)16)8-21-9-14-5-3-13-4-6-15(19)17(20)18(13)22-14/h3-6,12,21H,2,7-10H2,1H3. The monoisotopic (exact) mass is 343 g/mol. The number of fused-ring (bicyclic) bond motifs is 2. The van der Waals surface area contributed by atoms with Crippen molar-refractivity contribution in [1.82, 2.24) is 25.1 Å². The van der Waals surface area contributed by atoms with Gasteiger partial charge >= 0.3 is 0 Å². The number of rotatable bonds is 4. The Morgan fingerprint density at radius 1 is 1.20 bits per heavy atom. The summed E-state index contributed by atoms with van der Waals surface area (Å²) in [5.74, 6) is 0.752. The molecule has 7 heteroatoms. The van der Waals surface area contributed by atoms with Gasteiger partial charge in [0.2, 0.25) is 0 Å². The number of hydrogen-bond donors (Lipinski definition) is 1. The smallest absolute Gasteiger partial charge is 0.184 e. The van der Waals surface area contributed by atoms with Crippen LogP contribution in [0.3, 0.4) is 0 Å². The molecule has 0 aliphatic carbocycles. The van der Waals surface area contributed by atoms with Crippen molar-refractivity contribution in [2.75, 3.05) is 6.54 Å². The van der Waals surface area contributed by atoms with Gasteiger partial charge in [0.15, 0.2) is 11.6 Å². The second kappa shape index (κ2) is 6.48. The predicted molar refractivity (Wildman–Crippen MR) is 89.9 cm³/mol. The van der Waals surface area contributed by atoms with Gasteiger partial charge in [-0.2, -0.15) is 0 Å². The Morgan fingerprint density at radius 2 is 2.04 bits per heavy atom. The Kier molecular flexibility index (Phi) is 4.17. The lowest BCUT2D eigenvalue weighted by atomic mass is 9.99. The fourth-order valence-corrected chi connectivity index (χ4v) is 3.37. The molecule has 4 rings (SSSR count). The summed E-state index contributed by atoms with van der Waals surface area (Å²) in [6, 6.07) is 6.28. The van der Waals surface area contributed by atoms with E-state index >= 15 is 0 Å². The number of halogens is 2. The molecule has 25 heavy (non-hydrogen) atoms. The van der Waals surface area contributed by atoms with Crippen LogP contribution in [-0.4, -0.2) is 26.3 Å². The summed E-state index contributed by atoms with van der Waals surface area (Å²) in [4.78, 5) is 4.26. The fraction of sp³-hybridized carbons (Fsp3) is 0.389. The minimum atomic E-state index is -0.887. The Labute approximate surface area is 144 Å². The van der Waals surface area contributed by atoms with Crippen molar-refractivity contribution in [1.29, 1.82) is 0 Å². The van der Waals surface area contributed by atoms with Crippen molar-refractivity contribution in [3.63, 3.8) is 0 Å². The van der Waals surface area contributed by atoms with Crippen molar-refractivity contribution in [2.24, 2.45) is 5.92 Å². The number of pyridine rings is 1. The molecule has 1 aliphatic heterocycles. The largest absolute Gasteiger partial charge is 0.315 e. The minimum absolute atomic E-state index is 0.0849. The molecule has 5 nitrogen and oxygen atoms in total. The Morgan fingerprint density at radius 3 is 2.92 bits per heavy atom. The summed E-state index contributed by atoms with van der Waals surface area (Å²) < 4.78 is 29.4. The molecule has 0 bridgehead atoms. The molecule has 1 aliphatic rings. The fourth-order valence-electron chi connectivity index (χ4n) is 3.37. The first-order chi connectivity index (χ1) is 12.1. The lowest BCUT2D eigenvalue weighted by Gasteiger charge is -2.24. The van der Waals surface area contributed by atoms with Crippen LogP contribution >= 0.6 is 0 Å².